The van der Waals surface area contributed by atoms with Crippen molar-refractivity contribution in [3.8, 4) is 22.5 Å². The Balaban J connectivity index is 1.06. The molecule has 3 nitrogen and oxygen atoms in total. The molecule has 0 unspecified atom stereocenters. The zero-order chi connectivity index (χ0) is 40.0. The highest BCUT2D eigenvalue weighted by Crippen LogP contribution is 2.46. The Morgan fingerprint density at radius 2 is 0.836 bits per heavy atom. The Bertz CT molecular complexity index is 3750. The van der Waals surface area contributed by atoms with Crippen LogP contribution in [0.4, 0.5) is 17.1 Å². The number of nitrogens with zero attached hydrogens (tertiary/aromatic N) is 3. The molecule has 0 atom stereocenters. The third kappa shape index (κ3) is 5.04. The van der Waals surface area contributed by atoms with E-state index in [2.05, 4.69) is 238 Å². The highest BCUT2D eigenvalue weighted by Gasteiger charge is 2.21. The monoisotopic (exact) mass is 775 g/mol. The van der Waals surface area contributed by atoms with Crippen LogP contribution < -0.4 is 4.90 Å². The summed E-state index contributed by atoms with van der Waals surface area (Å²) in [6.45, 7) is 0. The maximum atomic E-state index is 2.46. The molecule has 0 aliphatic rings. The summed E-state index contributed by atoms with van der Waals surface area (Å²) in [6, 6.07) is 82.1. The molecular weight excluding hydrogens is 739 g/mol. The van der Waals surface area contributed by atoms with Crippen LogP contribution in [0.15, 0.2) is 224 Å². The maximum Gasteiger partial charge on any atom is 0.0620 e. The minimum absolute atomic E-state index is 1.12. The molecule has 0 aliphatic heterocycles. The van der Waals surface area contributed by atoms with Crippen molar-refractivity contribution in [2.75, 3.05) is 4.90 Å². The summed E-state index contributed by atoms with van der Waals surface area (Å²) in [5.74, 6) is 0. The Labute approximate surface area is 352 Å². The molecule has 0 fully saturated rings. The van der Waals surface area contributed by atoms with E-state index < -0.39 is 0 Å². The quantitative estimate of drug-likeness (QED) is 0.153. The zero-order valence-corrected chi connectivity index (χ0v) is 33.2. The topological polar surface area (TPSA) is 13.1 Å². The number of para-hydroxylation sites is 5. The summed E-state index contributed by atoms with van der Waals surface area (Å²) in [6.07, 6.45) is 0. The highest BCUT2D eigenvalue weighted by atomic mass is 15.1. The second kappa shape index (κ2) is 13.2. The third-order valence-corrected chi connectivity index (χ3v) is 12.8. The first-order chi connectivity index (χ1) is 30.3. The van der Waals surface area contributed by atoms with Crippen LogP contribution in [-0.4, -0.2) is 9.13 Å². The van der Waals surface area contributed by atoms with Gasteiger partial charge in [0.15, 0.2) is 0 Å². The molecule has 0 N–H and O–H groups in total. The predicted molar refractivity (Wildman–Crippen MR) is 259 cm³/mol. The van der Waals surface area contributed by atoms with Crippen LogP contribution >= 0.6 is 0 Å². The van der Waals surface area contributed by atoms with Crippen molar-refractivity contribution in [1.82, 2.24) is 9.13 Å². The lowest BCUT2D eigenvalue weighted by molar-refractivity contribution is 1.18. The minimum atomic E-state index is 1.12. The number of fused-ring (bicyclic) bond motifs is 7. The van der Waals surface area contributed by atoms with E-state index in [9.17, 15) is 0 Å². The predicted octanol–water partition coefficient (Wildman–Crippen LogP) is 15.9. The first-order valence-electron chi connectivity index (χ1n) is 21.0. The number of anilines is 3. The van der Waals surface area contributed by atoms with Gasteiger partial charge >= 0.3 is 0 Å². The normalized spacial score (nSPS) is 11.9. The van der Waals surface area contributed by atoms with Gasteiger partial charge in [-0.25, -0.2) is 0 Å². The Kier molecular flexibility index (Phi) is 7.31. The van der Waals surface area contributed by atoms with Gasteiger partial charge in [0, 0.05) is 55.4 Å². The van der Waals surface area contributed by atoms with Gasteiger partial charge in [-0.1, -0.05) is 133 Å². The smallest absolute Gasteiger partial charge is 0.0620 e. The molecule has 11 aromatic carbocycles. The molecule has 2 heterocycles. The molecule has 0 aliphatic carbocycles. The summed E-state index contributed by atoms with van der Waals surface area (Å²) >= 11 is 0. The standard InChI is InChI=1S/C58H37N3/c1-5-15-41(16-6-1)59(42-17-7-2-8-18-42)45-29-34-55-51(37-45)50-35-39(28-33-54(50)60(55)43-19-9-3-10-20-43)46-30-25-38-26-32-49-57-40(27-31-48(46)56(38)57)36-52-47-23-13-14-24-53(47)61(58(49)52)44-21-11-4-12-22-44/h1-37H. The first-order valence-corrected chi connectivity index (χ1v) is 21.0. The SMILES string of the molecule is c1ccc(N(c2ccccc2)c2ccc3c(c2)c2cc(-c4ccc5ccc6c7c(ccc4c57)cc4c5ccccc5n(-c5ccccc5)c46)ccc2n3-c2ccccc2)cc1. The molecule has 61 heavy (non-hydrogen) atoms. The molecule has 0 spiro atoms. The van der Waals surface area contributed by atoms with E-state index in [1.807, 2.05) is 0 Å². The lowest BCUT2D eigenvalue weighted by Crippen LogP contribution is -2.09. The van der Waals surface area contributed by atoms with Crippen LogP contribution in [0.5, 0.6) is 0 Å². The number of hydrogen-bond acceptors (Lipinski definition) is 1. The van der Waals surface area contributed by atoms with Crippen LogP contribution in [0.2, 0.25) is 0 Å². The van der Waals surface area contributed by atoms with Crippen molar-refractivity contribution in [3.05, 3.63) is 224 Å². The lowest BCUT2D eigenvalue weighted by atomic mass is 9.88. The first kappa shape index (κ1) is 33.8. The fraction of sp³-hybridized carbons (Fsp3) is 0. The van der Waals surface area contributed by atoms with Gasteiger partial charge < -0.3 is 14.0 Å². The van der Waals surface area contributed by atoms with Gasteiger partial charge in [0.1, 0.15) is 0 Å². The van der Waals surface area contributed by atoms with E-state index in [1.54, 1.807) is 0 Å². The molecule has 0 saturated heterocycles. The molecular formula is C58H37N3. The van der Waals surface area contributed by atoms with E-state index >= 15 is 0 Å². The van der Waals surface area contributed by atoms with Gasteiger partial charge in [-0.3, -0.25) is 0 Å². The summed E-state index contributed by atoms with van der Waals surface area (Å²) < 4.78 is 4.87. The van der Waals surface area contributed by atoms with Gasteiger partial charge in [0.25, 0.3) is 0 Å². The number of rotatable bonds is 6. The van der Waals surface area contributed by atoms with Crippen LogP contribution in [0.1, 0.15) is 0 Å². The van der Waals surface area contributed by atoms with E-state index in [-0.39, 0.29) is 0 Å². The van der Waals surface area contributed by atoms with Gasteiger partial charge in [0.2, 0.25) is 0 Å². The average Bonchev–Trinajstić information content (AvgIpc) is 3.84. The molecule has 13 rings (SSSR count). The molecule has 284 valence electrons. The van der Waals surface area contributed by atoms with E-state index in [0.717, 1.165) is 22.7 Å². The molecule has 0 amide bonds. The molecule has 3 heteroatoms. The Morgan fingerprint density at radius 3 is 1.56 bits per heavy atom. The van der Waals surface area contributed by atoms with Gasteiger partial charge in [-0.05, 0) is 129 Å². The van der Waals surface area contributed by atoms with E-state index in [0.29, 0.717) is 0 Å². The second-order valence-corrected chi connectivity index (χ2v) is 16.1. The number of hydrogen-bond donors (Lipinski definition) is 0. The van der Waals surface area contributed by atoms with Gasteiger partial charge in [-0.2, -0.15) is 0 Å². The lowest BCUT2D eigenvalue weighted by Gasteiger charge is -2.25. The van der Waals surface area contributed by atoms with Gasteiger partial charge in [-0.15, -0.1) is 0 Å². The Morgan fingerprint density at radius 1 is 0.295 bits per heavy atom. The third-order valence-electron chi connectivity index (χ3n) is 12.8. The molecule has 0 radical (unpaired) electrons. The van der Waals surface area contributed by atoms with E-state index in [1.165, 1.54) is 92.7 Å². The van der Waals surface area contributed by atoms with Crippen LogP contribution in [0, 0.1) is 0 Å². The summed E-state index contributed by atoms with van der Waals surface area (Å²) in [5.41, 5.74) is 13.0. The Hall–Kier alpha value is -8.14. The van der Waals surface area contributed by atoms with Gasteiger partial charge in [0.05, 0.1) is 22.1 Å². The van der Waals surface area contributed by atoms with Crippen LogP contribution in [-0.2, 0) is 0 Å². The molecule has 0 saturated carbocycles. The molecule has 0 bridgehead atoms. The second-order valence-electron chi connectivity index (χ2n) is 16.1. The fourth-order valence-corrected chi connectivity index (χ4v) is 10.2. The molecule has 2 aromatic heterocycles. The maximum absolute atomic E-state index is 2.46. The number of benzene rings is 11. The fourth-order valence-electron chi connectivity index (χ4n) is 10.2. The summed E-state index contributed by atoms with van der Waals surface area (Å²) in [4.78, 5) is 2.35. The van der Waals surface area contributed by atoms with Crippen LogP contribution in [0.3, 0.4) is 0 Å². The zero-order valence-electron chi connectivity index (χ0n) is 33.2. The summed E-state index contributed by atoms with van der Waals surface area (Å²) in [5, 5.41) is 12.7. The van der Waals surface area contributed by atoms with Crippen molar-refractivity contribution in [3.63, 3.8) is 0 Å². The number of aromatic nitrogens is 2. The van der Waals surface area contributed by atoms with Crippen molar-refractivity contribution < 1.29 is 0 Å². The minimum Gasteiger partial charge on any atom is -0.310 e. The largest absolute Gasteiger partial charge is 0.310 e. The summed E-state index contributed by atoms with van der Waals surface area (Å²) in [7, 11) is 0. The van der Waals surface area contributed by atoms with Crippen molar-refractivity contribution in [1.29, 1.82) is 0 Å². The highest BCUT2D eigenvalue weighted by molar-refractivity contribution is 6.33. The molecule has 13 aromatic rings. The van der Waals surface area contributed by atoms with Crippen molar-refractivity contribution in [2.24, 2.45) is 0 Å². The average molecular weight is 776 g/mol. The van der Waals surface area contributed by atoms with Crippen molar-refractivity contribution >= 4 is 93.0 Å². The van der Waals surface area contributed by atoms with E-state index in [4.69, 9.17) is 0 Å². The van der Waals surface area contributed by atoms with Crippen molar-refractivity contribution in [2.45, 2.75) is 0 Å². The van der Waals surface area contributed by atoms with Crippen LogP contribution in [0.25, 0.3) is 98.4 Å².